The van der Waals surface area contributed by atoms with Crippen LogP contribution in [0, 0.1) is 0 Å². The predicted molar refractivity (Wildman–Crippen MR) is 155 cm³/mol. The van der Waals surface area contributed by atoms with Crippen molar-refractivity contribution in [2.75, 3.05) is 23.7 Å². The summed E-state index contributed by atoms with van der Waals surface area (Å²) in [7, 11) is 0. The molecule has 39 heavy (non-hydrogen) atoms. The van der Waals surface area contributed by atoms with Gasteiger partial charge in [-0.3, -0.25) is 0 Å². The molecule has 10 heteroatoms. The molecule has 2 heterocycles. The predicted octanol–water partition coefficient (Wildman–Crippen LogP) is 6.69. The molecule has 0 radical (unpaired) electrons. The molecule has 2 N–H and O–H groups in total. The van der Waals surface area contributed by atoms with Gasteiger partial charge in [-0.2, -0.15) is 0 Å². The van der Waals surface area contributed by atoms with Crippen molar-refractivity contribution in [2.45, 2.75) is 60.3 Å². The number of hydrogen-bond donors (Lipinski definition) is 2. The molecule has 2 aromatic carbocycles. The van der Waals surface area contributed by atoms with Gasteiger partial charge in [0.25, 0.3) is 0 Å². The van der Waals surface area contributed by atoms with Gasteiger partial charge in [0.2, 0.25) is 0 Å². The van der Waals surface area contributed by atoms with Gasteiger partial charge in [0.05, 0.1) is 51.0 Å². The van der Waals surface area contributed by atoms with E-state index in [1.165, 1.54) is 0 Å². The molecule has 0 amide bonds. The molecule has 0 spiro atoms. The van der Waals surface area contributed by atoms with Crippen molar-refractivity contribution in [1.29, 1.82) is 0 Å². The van der Waals surface area contributed by atoms with Crippen molar-refractivity contribution >= 4 is 34.6 Å². The van der Waals surface area contributed by atoms with E-state index in [9.17, 15) is 0 Å². The molecule has 0 unspecified atom stereocenters. The van der Waals surface area contributed by atoms with Crippen LogP contribution in [0.1, 0.15) is 34.1 Å². The lowest BCUT2D eigenvalue weighted by molar-refractivity contribution is -0.680. The molecule has 0 atom stereocenters. The fourth-order valence-corrected chi connectivity index (χ4v) is 4.19. The Morgan fingerprint density at radius 3 is 1.36 bits per heavy atom. The van der Waals surface area contributed by atoms with Crippen LogP contribution >= 0.6 is 0 Å². The highest BCUT2D eigenvalue weighted by atomic mass is 15.3. The highest BCUT2D eigenvalue weighted by Gasteiger charge is 2.15. The average molecular weight is 529 g/mol. The summed E-state index contributed by atoms with van der Waals surface area (Å²) in [6.07, 6.45) is 9.14. The van der Waals surface area contributed by atoms with E-state index in [0.29, 0.717) is 0 Å². The number of aryl methyl sites for hydroxylation is 4. The van der Waals surface area contributed by atoms with Crippen LogP contribution in [0.4, 0.5) is 34.6 Å². The summed E-state index contributed by atoms with van der Waals surface area (Å²) in [6, 6.07) is 16.1. The molecule has 4 aromatic rings. The summed E-state index contributed by atoms with van der Waals surface area (Å²) < 4.78 is 8.35. The Bertz CT molecular complexity index is 1220. The molecule has 0 saturated carbocycles. The summed E-state index contributed by atoms with van der Waals surface area (Å²) in [5.74, 6) is 1.72. The van der Waals surface area contributed by atoms with Crippen molar-refractivity contribution in [2.24, 2.45) is 20.5 Å². The first-order chi connectivity index (χ1) is 19.1. The van der Waals surface area contributed by atoms with Gasteiger partial charge in [-0.1, -0.05) is 10.2 Å². The number of aromatic nitrogens is 4. The van der Waals surface area contributed by atoms with E-state index >= 15 is 0 Å². The average Bonchev–Trinajstić information content (AvgIpc) is 3.58. The Labute approximate surface area is 230 Å². The summed E-state index contributed by atoms with van der Waals surface area (Å²) in [6.45, 7) is 13.6. The summed E-state index contributed by atoms with van der Waals surface area (Å²) in [5, 5.41) is 24.7. The second kappa shape index (κ2) is 14.0. The molecule has 204 valence electrons. The summed E-state index contributed by atoms with van der Waals surface area (Å²) in [4.78, 5) is 0. The maximum Gasteiger partial charge on any atom is 0.421 e. The molecule has 2 aromatic heterocycles. The lowest BCUT2D eigenvalue weighted by atomic mass is 10.2. The second-order valence-electron chi connectivity index (χ2n) is 9.04. The number of azo groups is 2. The van der Waals surface area contributed by atoms with Gasteiger partial charge in [0.1, 0.15) is 11.4 Å². The quantitative estimate of drug-likeness (QED) is 0.108. The van der Waals surface area contributed by atoms with Crippen LogP contribution in [-0.4, -0.2) is 22.2 Å². The van der Waals surface area contributed by atoms with Gasteiger partial charge in [0.15, 0.2) is 0 Å². The minimum Gasteiger partial charge on any atom is -0.385 e. The van der Waals surface area contributed by atoms with Gasteiger partial charge in [-0.15, -0.1) is 0 Å². The monoisotopic (exact) mass is 528 g/mol. The van der Waals surface area contributed by atoms with Crippen molar-refractivity contribution in [1.82, 2.24) is 9.13 Å². The summed E-state index contributed by atoms with van der Waals surface area (Å²) >= 11 is 0. The van der Waals surface area contributed by atoms with E-state index in [2.05, 4.69) is 77.1 Å². The lowest BCUT2D eigenvalue weighted by Gasteiger charge is -2.08. The molecule has 4 rings (SSSR count). The first kappa shape index (κ1) is 27.7. The number of benzene rings is 2. The van der Waals surface area contributed by atoms with E-state index in [1.807, 2.05) is 73.3 Å². The standard InChI is InChI=1S/C29H38N10/c1-5-36-20-21-37(6-2)28(36)34-32-26-14-10-24(11-15-26)30-18-9-19-31-25-12-16-27(17-13-25)33-35-29-38(7-3)22-23-39(29)8-4/h10-17,20-23H,5-9,18-19H2,1-4H3/p+2. The zero-order chi connectivity index (χ0) is 27.5. The van der Waals surface area contributed by atoms with E-state index in [4.69, 9.17) is 0 Å². The normalized spacial score (nSPS) is 11.6. The molecule has 0 aliphatic heterocycles. The molecule has 10 nitrogen and oxygen atoms in total. The van der Waals surface area contributed by atoms with E-state index < -0.39 is 0 Å². The van der Waals surface area contributed by atoms with Crippen LogP contribution in [0.5, 0.6) is 0 Å². The van der Waals surface area contributed by atoms with Crippen molar-refractivity contribution in [3.8, 4) is 0 Å². The van der Waals surface area contributed by atoms with Crippen LogP contribution in [0.2, 0.25) is 0 Å². The van der Waals surface area contributed by atoms with E-state index in [-0.39, 0.29) is 0 Å². The number of anilines is 2. The number of rotatable bonds is 14. The van der Waals surface area contributed by atoms with Crippen LogP contribution in [0.3, 0.4) is 0 Å². The van der Waals surface area contributed by atoms with Crippen LogP contribution < -0.4 is 19.8 Å². The fraction of sp³-hybridized carbons (Fsp3) is 0.379. The van der Waals surface area contributed by atoms with Gasteiger partial charge < -0.3 is 10.6 Å². The number of imidazole rings is 2. The number of hydrogen-bond acceptors (Lipinski definition) is 6. The van der Waals surface area contributed by atoms with Gasteiger partial charge in [-0.05, 0) is 82.6 Å². The van der Waals surface area contributed by atoms with Crippen molar-refractivity contribution < 1.29 is 9.13 Å². The summed E-state index contributed by atoms with van der Waals surface area (Å²) in [5.41, 5.74) is 3.81. The van der Waals surface area contributed by atoms with Crippen LogP contribution in [0.25, 0.3) is 0 Å². The first-order valence-corrected chi connectivity index (χ1v) is 13.8. The van der Waals surface area contributed by atoms with Gasteiger partial charge in [-0.25, -0.2) is 18.3 Å². The topological polar surface area (TPSA) is 91.1 Å². The van der Waals surface area contributed by atoms with Gasteiger partial charge >= 0.3 is 11.9 Å². The first-order valence-electron chi connectivity index (χ1n) is 13.8. The highest BCUT2D eigenvalue weighted by Crippen LogP contribution is 2.20. The lowest BCUT2D eigenvalue weighted by Crippen LogP contribution is -2.30. The zero-order valence-electron chi connectivity index (χ0n) is 23.5. The fourth-order valence-electron chi connectivity index (χ4n) is 4.19. The smallest absolute Gasteiger partial charge is 0.385 e. The third-order valence-corrected chi connectivity index (χ3v) is 6.50. The maximum atomic E-state index is 4.47. The number of nitrogens with zero attached hydrogens (tertiary/aromatic N) is 8. The second-order valence-corrected chi connectivity index (χ2v) is 9.04. The Morgan fingerprint density at radius 2 is 1.00 bits per heavy atom. The van der Waals surface area contributed by atoms with Crippen molar-refractivity contribution in [3.63, 3.8) is 0 Å². The maximum absolute atomic E-state index is 4.47. The molecular formula is C29H40N10+2. The van der Waals surface area contributed by atoms with E-state index in [1.54, 1.807) is 0 Å². The van der Waals surface area contributed by atoms with Crippen LogP contribution in [-0.2, 0) is 26.2 Å². The molecule has 0 fully saturated rings. The third-order valence-electron chi connectivity index (χ3n) is 6.50. The Hall–Kier alpha value is -4.34. The molecule has 0 bridgehead atoms. The SMILES string of the molecule is CCn1cc[n+](CC)c1N=Nc1ccc(NCCCNc2ccc(N=Nc3n(CC)cc[n+]3CC)cc2)cc1. The highest BCUT2D eigenvalue weighted by molar-refractivity contribution is 5.52. The Balaban J connectivity index is 1.20. The largest absolute Gasteiger partial charge is 0.421 e. The Morgan fingerprint density at radius 1 is 0.590 bits per heavy atom. The van der Waals surface area contributed by atoms with Crippen LogP contribution in [0.15, 0.2) is 93.8 Å². The third kappa shape index (κ3) is 7.37. The molecule has 0 aliphatic rings. The molecular weight excluding hydrogens is 488 g/mol. The number of nitrogens with one attached hydrogen (secondary N) is 2. The molecule has 0 saturated heterocycles. The zero-order valence-corrected chi connectivity index (χ0v) is 23.5. The van der Waals surface area contributed by atoms with Gasteiger partial charge in [0, 0.05) is 34.7 Å². The minimum atomic E-state index is 0.834. The Kier molecular flexibility index (Phi) is 9.93. The minimum absolute atomic E-state index is 0.834. The molecule has 0 aliphatic carbocycles. The van der Waals surface area contributed by atoms with Crippen molar-refractivity contribution in [3.05, 3.63) is 73.3 Å². The van der Waals surface area contributed by atoms with E-state index in [0.717, 1.165) is 80.3 Å².